The van der Waals surface area contributed by atoms with Crippen LogP contribution < -0.4 is 4.74 Å². The van der Waals surface area contributed by atoms with E-state index in [2.05, 4.69) is 11.9 Å². The third-order valence-electron chi connectivity index (χ3n) is 8.55. The van der Waals surface area contributed by atoms with Crippen molar-refractivity contribution in [3.05, 3.63) is 64.7 Å². The summed E-state index contributed by atoms with van der Waals surface area (Å²) in [6.07, 6.45) is -0.247. The van der Waals surface area contributed by atoms with Crippen LogP contribution in [-0.4, -0.2) is 63.6 Å². The van der Waals surface area contributed by atoms with Crippen molar-refractivity contribution >= 4 is 5.97 Å². The van der Waals surface area contributed by atoms with Crippen molar-refractivity contribution in [1.29, 1.82) is 0 Å². The summed E-state index contributed by atoms with van der Waals surface area (Å²) in [7, 11) is 2.05. The van der Waals surface area contributed by atoms with Gasteiger partial charge in [-0.05, 0) is 50.4 Å². The van der Waals surface area contributed by atoms with Crippen molar-refractivity contribution in [2.75, 3.05) is 13.6 Å². The van der Waals surface area contributed by atoms with E-state index in [-0.39, 0.29) is 12.6 Å². The van der Waals surface area contributed by atoms with Gasteiger partial charge in [0, 0.05) is 17.2 Å². The molecule has 0 radical (unpaired) electrons. The summed E-state index contributed by atoms with van der Waals surface area (Å²) in [5.41, 5.74) is 1.55. The first kappa shape index (κ1) is 21.1. The first-order chi connectivity index (χ1) is 15.9. The number of benzene rings is 2. The van der Waals surface area contributed by atoms with Gasteiger partial charge >= 0.3 is 5.97 Å². The lowest BCUT2D eigenvalue weighted by Gasteiger charge is -2.63. The van der Waals surface area contributed by atoms with Crippen LogP contribution in [0.4, 0.5) is 0 Å². The summed E-state index contributed by atoms with van der Waals surface area (Å²) in [5.74, 6) is -0.0801. The number of rotatable bonds is 4. The Morgan fingerprint density at radius 3 is 2.79 bits per heavy atom. The van der Waals surface area contributed by atoms with Gasteiger partial charge in [0.2, 0.25) is 0 Å². The second-order valence-electron chi connectivity index (χ2n) is 9.96. The van der Waals surface area contributed by atoms with Gasteiger partial charge in [-0.2, -0.15) is 0 Å². The largest absolute Gasteiger partial charge is 0.485 e. The van der Waals surface area contributed by atoms with Crippen molar-refractivity contribution in [1.82, 2.24) is 4.90 Å². The zero-order chi connectivity index (χ0) is 23.0. The molecule has 3 N–H and O–H groups in total. The molecule has 0 amide bonds. The average Bonchev–Trinajstić information content (AvgIpc) is 3.19. The molecule has 2 fully saturated rings. The van der Waals surface area contributed by atoms with Crippen LogP contribution in [0.1, 0.15) is 47.6 Å². The van der Waals surface area contributed by atoms with Crippen molar-refractivity contribution < 1.29 is 29.6 Å². The number of carbonyl (C=O) groups is 1. The smallest absolute Gasteiger partial charge is 0.340 e. The second kappa shape index (κ2) is 7.27. The van der Waals surface area contributed by atoms with Crippen LogP contribution in [0.25, 0.3) is 0 Å². The maximum Gasteiger partial charge on any atom is 0.340 e. The van der Waals surface area contributed by atoms with Crippen molar-refractivity contribution in [3.63, 3.8) is 0 Å². The van der Waals surface area contributed by atoms with E-state index in [1.807, 2.05) is 18.2 Å². The highest BCUT2D eigenvalue weighted by molar-refractivity contribution is 5.76. The Hall–Kier alpha value is -2.45. The van der Waals surface area contributed by atoms with Gasteiger partial charge in [-0.25, -0.2) is 4.79 Å². The Kier molecular flexibility index (Phi) is 4.65. The lowest BCUT2D eigenvalue weighted by molar-refractivity contribution is -0.215. The Labute approximate surface area is 192 Å². The predicted molar refractivity (Wildman–Crippen MR) is 119 cm³/mol. The molecule has 174 valence electrons. The number of nitrogens with zero attached hydrogens (tertiary/aromatic N) is 1. The van der Waals surface area contributed by atoms with E-state index in [9.17, 15) is 20.1 Å². The molecule has 2 aliphatic heterocycles. The summed E-state index contributed by atoms with van der Waals surface area (Å²) in [5, 5.41) is 32.8. The summed E-state index contributed by atoms with van der Waals surface area (Å²) in [4.78, 5) is 15.2. The van der Waals surface area contributed by atoms with Crippen LogP contribution >= 0.6 is 0 Å². The van der Waals surface area contributed by atoms with Gasteiger partial charge in [-0.1, -0.05) is 42.5 Å². The van der Waals surface area contributed by atoms with E-state index < -0.39 is 35.3 Å². The highest BCUT2D eigenvalue weighted by atomic mass is 16.6. The Morgan fingerprint density at radius 1 is 1.24 bits per heavy atom. The SMILES string of the molecule is CN1CC[C@]23c4c5ccc(CO)c4O[C@H]2C(OC(=O)[C@@H](O)c2ccccc2)CC[C@@]3(O)[C@H]1C5. The van der Waals surface area contributed by atoms with E-state index in [4.69, 9.17) is 9.47 Å². The molecule has 7 nitrogen and oxygen atoms in total. The lowest BCUT2D eigenvalue weighted by Crippen LogP contribution is -2.76. The van der Waals surface area contributed by atoms with Gasteiger partial charge < -0.3 is 29.7 Å². The first-order valence-corrected chi connectivity index (χ1v) is 11.7. The van der Waals surface area contributed by atoms with Crippen LogP contribution in [0, 0.1) is 0 Å². The third-order valence-corrected chi connectivity index (χ3v) is 8.55. The molecule has 2 heterocycles. The van der Waals surface area contributed by atoms with Gasteiger partial charge in [0.05, 0.1) is 17.6 Å². The number of likely N-dealkylation sites (N-methyl/N-ethyl adjacent to an activating group) is 1. The molecule has 6 atom stereocenters. The fraction of sp³-hybridized carbons (Fsp3) is 0.500. The van der Waals surface area contributed by atoms with Crippen molar-refractivity contribution in [2.24, 2.45) is 0 Å². The van der Waals surface area contributed by atoms with E-state index in [0.29, 0.717) is 36.1 Å². The van der Waals surface area contributed by atoms with Gasteiger partial charge in [0.1, 0.15) is 18.0 Å². The Bertz CT molecular complexity index is 1110. The van der Waals surface area contributed by atoms with Gasteiger partial charge in [-0.3, -0.25) is 0 Å². The summed E-state index contributed by atoms with van der Waals surface area (Å²) < 4.78 is 12.4. The number of hydrogen-bond acceptors (Lipinski definition) is 7. The molecule has 1 spiro atoms. The zero-order valence-corrected chi connectivity index (χ0v) is 18.6. The number of piperidine rings is 1. The fourth-order valence-corrected chi connectivity index (χ4v) is 7.01. The Balaban J connectivity index is 1.41. The number of esters is 1. The van der Waals surface area contributed by atoms with Gasteiger partial charge in [0.25, 0.3) is 0 Å². The average molecular weight is 452 g/mol. The topological polar surface area (TPSA) is 99.5 Å². The fourth-order valence-electron chi connectivity index (χ4n) is 7.01. The van der Waals surface area contributed by atoms with Crippen molar-refractivity contribution in [2.45, 2.75) is 67.7 Å². The molecule has 1 saturated heterocycles. The molecule has 4 aliphatic rings. The summed E-state index contributed by atoms with van der Waals surface area (Å²) in [6.45, 7) is 0.632. The normalized spacial score (nSPS) is 34.8. The number of carbonyl (C=O) groups excluding carboxylic acids is 1. The maximum atomic E-state index is 12.9. The highest BCUT2D eigenvalue weighted by Crippen LogP contribution is 2.64. The van der Waals surface area contributed by atoms with Gasteiger partial charge in [-0.15, -0.1) is 0 Å². The Morgan fingerprint density at radius 2 is 2.03 bits per heavy atom. The minimum atomic E-state index is -1.38. The molecule has 2 aromatic rings. The summed E-state index contributed by atoms with van der Waals surface area (Å²) in [6, 6.07) is 12.6. The molecule has 7 heteroatoms. The minimum Gasteiger partial charge on any atom is -0.485 e. The maximum absolute atomic E-state index is 12.9. The monoisotopic (exact) mass is 451 g/mol. The van der Waals surface area contributed by atoms with Crippen LogP contribution in [0.3, 0.4) is 0 Å². The number of aliphatic hydroxyl groups is 3. The first-order valence-electron chi connectivity index (χ1n) is 11.7. The molecule has 1 saturated carbocycles. The quantitative estimate of drug-likeness (QED) is 0.608. The minimum absolute atomic E-state index is 0.0534. The third kappa shape index (κ3) is 2.68. The van der Waals surface area contributed by atoms with Gasteiger partial charge in [0.15, 0.2) is 6.10 Å². The molecular formula is C26H29NO6. The number of ether oxygens (including phenoxy) is 2. The number of likely N-dealkylation sites (tertiary alicyclic amines) is 1. The second-order valence-corrected chi connectivity index (χ2v) is 9.96. The molecule has 0 aromatic heterocycles. The lowest BCUT2D eigenvalue weighted by atomic mass is 9.48. The molecule has 2 aliphatic carbocycles. The molecular weight excluding hydrogens is 422 g/mol. The predicted octanol–water partition coefficient (Wildman–Crippen LogP) is 1.61. The molecule has 2 aromatic carbocycles. The molecule has 2 bridgehead atoms. The van der Waals surface area contributed by atoms with Crippen LogP contribution in [0.2, 0.25) is 0 Å². The van der Waals surface area contributed by atoms with E-state index in [0.717, 1.165) is 24.1 Å². The number of aliphatic hydroxyl groups excluding tert-OH is 2. The van der Waals surface area contributed by atoms with Crippen LogP contribution in [0.5, 0.6) is 5.75 Å². The van der Waals surface area contributed by atoms with Crippen molar-refractivity contribution in [3.8, 4) is 5.75 Å². The highest BCUT2D eigenvalue weighted by Gasteiger charge is 2.73. The van der Waals surface area contributed by atoms with E-state index >= 15 is 0 Å². The zero-order valence-electron chi connectivity index (χ0n) is 18.6. The van der Waals surface area contributed by atoms with Crippen LogP contribution in [0.15, 0.2) is 42.5 Å². The standard InChI is InChI=1S/C26H29NO6/c1-27-12-11-25-20-16-7-8-17(14-28)22(20)33-23(25)18(9-10-26(25,31)19(27)13-16)32-24(30)21(29)15-5-3-2-4-6-15/h2-8,18-19,21,23,28-29,31H,9-14H2,1H3/t18?,19-,21+,23+,25+,26-/m1/s1. The van der Waals surface area contributed by atoms with Crippen LogP contribution in [-0.2, 0) is 28.0 Å². The van der Waals surface area contributed by atoms with E-state index in [1.54, 1.807) is 24.3 Å². The molecule has 6 rings (SSSR count). The summed E-state index contributed by atoms with van der Waals surface area (Å²) >= 11 is 0. The van der Waals surface area contributed by atoms with E-state index in [1.165, 1.54) is 0 Å². The molecule has 33 heavy (non-hydrogen) atoms. The number of hydrogen-bond donors (Lipinski definition) is 3. The molecule has 1 unspecified atom stereocenters.